The number of imidazole rings is 1. The van der Waals surface area contributed by atoms with E-state index in [2.05, 4.69) is 34.8 Å². The Kier molecular flexibility index (Phi) is 6.79. The van der Waals surface area contributed by atoms with Gasteiger partial charge < -0.3 is 10.0 Å². The summed E-state index contributed by atoms with van der Waals surface area (Å²) in [6, 6.07) is 14.0. The summed E-state index contributed by atoms with van der Waals surface area (Å²) >= 11 is 3.37. The summed E-state index contributed by atoms with van der Waals surface area (Å²) in [4.78, 5) is 30.7. The van der Waals surface area contributed by atoms with Crippen molar-refractivity contribution in [3.8, 4) is 0 Å². The van der Waals surface area contributed by atoms with Crippen molar-refractivity contribution in [3.05, 3.63) is 94.0 Å². The molecule has 1 aliphatic rings. The topological polar surface area (TPSA) is 80.1 Å². The van der Waals surface area contributed by atoms with Crippen molar-refractivity contribution in [2.75, 3.05) is 6.54 Å². The molecule has 6 nitrogen and oxygen atoms in total. The molecule has 0 bridgehead atoms. The van der Waals surface area contributed by atoms with Crippen LogP contribution >= 0.6 is 15.9 Å². The van der Waals surface area contributed by atoms with Crippen LogP contribution in [0.3, 0.4) is 0 Å². The number of aromatic nitrogens is 2. The fraction of sp³-hybridized carbons (Fsp3) is 0.269. The number of ketones is 1. The van der Waals surface area contributed by atoms with Crippen LogP contribution in [0, 0.1) is 0 Å². The first kappa shape index (κ1) is 23.0. The Labute approximate surface area is 201 Å². The molecular formula is C26H26BrN3O3. The van der Waals surface area contributed by atoms with E-state index in [9.17, 15) is 14.7 Å². The molecule has 1 atom stereocenters. The molecule has 7 heteroatoms. The summed E-state index contributed by atoms with van der Waals surface area (Å²) in [6.07, 6.45) is 6.23. The third kappa shape index (κ3) is 4.78. The number of hydrogen-bond donors (Lipinski definition) is 1. The number of benzene rings is 2. The number of carbonyl (C=O) groups excluding carboxylic acids is 2. The second-order valence-corrected chi connectivity index (χ2v) is 9.42. The average Bonchev–Trinajstić information content (AvgIpc) is 3.41. The monoisotopic (exact) mass is 507 g/mol. The Morgan fingerprint density at radius 1 is 1.12 bits per heavy atom. The third-order valence-electron chi connectivity index (χ3n) is 5.97. The molecule has 1 aliphatic heterocycles. The number of amides is 1. The summed E-state index contributed by atoms with van der Waals surface area (Å²) in [7, 11) is 0. The molecule has 0 spiro atoms. The molecular weight excluding hydrogens is 482 g/mol. The summed E-state index contributed by atoms with van der Waals surface area (Å²) in [5, 5.41) is 13.4. The molecule has 1 N–H and O–H groups in total. The minimum absolute atomic E-state index is 0.0221. The first-order valence-electron chi connectivity index (χ1n) is 11.0. The number of Topliss-reactive ketones (excluding diaryl/α,β-unsaturated/α-hetero) is 1. The molecule has 1 fully saturated rings. The molecule has 1 saturated heterocycles. The van der Waals surface area contributed by atoms with E-state index in [1.807, 2.05) is 47.6 Å². The standard InChI is InChI=1S/C26H26BrN3O3/c1-17(2)18-4-6-19(7-5-18)23-22(24(31)20-8-10-21(27)11-9-20)25(32)26(33)30(23)14-3-13-29-15-12-28-16-29/h4-12,15-17,23H,3,13-14H2,1-2H3,(H,31,32). The van der Waals surface area contributed by atoms with Gasteiger partial charge in [0.2, 0.25) is 12.1 Å². The Hall–Kier alpha value is -3.19. The smallest absolute Gasteiger partial charge is 0.295 e. The van der Waals surface area contributed by atoms with Crippen molar-refractivity contribution in [3.63, 3.8) is 0 Å². The van der Waals surface area contributed by atoms with E-state index in [0.717, 1.165) is 15.6 Å². The Bertz CT molecular complexity index is 1170. The lowest BCUT2D eigenvalue weighted by atomic mass is 9.93. The molecule has 0 saturated carbocycles. The molecule has 1 unspecified atom stereocenters. The molecule has 170 valence electrons. The number of likely N-dealkylation sites (tertiary alicyclic amines) is 1. The summed E-state index contributed by atoms with van der Waals surface area (Å²) in [5.41, 5.74) is 2.34. The molecule has 4 rings (SSSR count). The maximum Gasteiger partial charge on any atom is 0.295 e. The lowest BCUT2D eigenvalue weighted by Crippen LogP contribution is -2.36. The SMILES string of the molecule is CC(C)c1ccc(C2C(=C([O-])c3ccc(Br)cc3)C(=O)C(=O)N2CCC[n+]2cc[nH]c2)cc1. The van der Waals surface area contributed by atoms with Gasteiger partial charge in [-0.2, -0.15) is 0 Å². The number of aromatic amines is 1. The molecule has 33 heavy (non-hydrogen) atoms. The Morgan fingerprint density at radius 2 is 1.82 bits per heavy atom. The fourth-order valence-electron chi connectivity index (χ4n) is 4.15. The molecule has 3 aromatic rings. The number of nitrogens with one attached hydrogen (secondary N) is 1. The van der Waals surface area contributed by atoms with Gasteiger partial charge in [-0.1, -0.05) is 71.9 Å². The predicted octanol–water partition coefficient (Wildman–Crippen LogP) is 3.50. The number of rotatable bonds is 7. The van der Waals surface area contributed by atoms with Gasteiger partial charge in [-0.05, 0) is 34.7 Å². The van der Waals surface area contributed by atoms with Crippen LogP contribution in [0.2, 0.25) is 0 Å². The normalized spacial score (nSPS) is 17.8. The number of carbonyl (C=O) groups is 2. The van der Waals surface area contributed by atoms with E-state index in [0.29, 0.717) is 31.0 Å². The highest BCUT2D eigenvalue weighted by Crippen LogP contribution is 2.39. The van der Waals surface area contributed by atoms with Gasteiger partial charge in [-0.3, -0.25) is 14.6 Å². The largest absolute Gasteiger partial charge is 0.872 e. The first-order chi connectivity index (χ1) is 15.9. The lowest BCUT2D eigenvalue weighted by Gasteiger charge is -2.27. The van der Waals surface area contributed by atoms with Crippen molar-refractivity contribution in [1.29, 1.82) is 0 Å². The zero-order chi connectivity index (χ0) is 23.5. The number of H-pyrrole nitrogens is 1. The van der Waals surface area contributed by atoms with Crippen molar-refractivity contribution in [2.24, 2.45) is 0 Å². The maximum absolute atomic E-state index is 13.4. The number of aryl methyl sites for hydroxylation is 1. The average molecular weight is 508 g/mol. The van der Waals surface area contributed by atoms with Crippen LogP contribution in [-0.2, 0) is 16.1 Å². The van der Waals surface area contributed by atoms with E-state index < -0.39 is 23.5 Å². The zero-order valence-corrected chi connectivity index (χ0v) is 20.2. The van der Waals surface area contributed by atoms with Gasteiger partial charge in [0, 0.05) is 23.0 Å². The summed E-state index contributed by atoms with van der Waals surface area (Å²) < 4.78 is 2.81. The molecule has 2 heterocycles. The van der Waals surface area contributed by atoms with E-state index in [1.54, 1.807) is 29.2 Å². The Morgan fingerprint density at radius 3 is 2.42 bits per heavy atom. The van der Waals surface area contributed by atoms with Crippen LogP contribution in [0.4, 0.5) is 0 Å². The van der Waals surface area contributed by atoms with Crippen LogP contribution in [0.5, 0.6) is 0 Å². The highest BCUT2D eigenvalue weighted by molar-refractivity contribution is 9.10. The van der Waals surface area contributed by atoms with E-state index in [4.69, 9.17) is 0 Å². The van der Waals surface area contributed by atoms with Crippen LogP contribution in [-0.4, -0.2) is 28.1 Å². The first-order valence-corrected chi connectivity index (χ1v) is 11.8. The maximum atomic E-state index is 13.4. The second kappa shape index (κ2) is 9.75. The quantitative estimate of drug-likeness (QED) is 0.230. The lowest BCUT2D eigenvalue weighted by molar-refractivity contribution is -0.695. The number of nitrogens with zero attached hydrogens (tertiary/aromatic N) is 2. The summed E-state index contributed by atoms with van der Waals surface area (Å²) in [5.74, 6) is -1.38. The van der Waals surface area contributed by atoms with Crippen LogP contribution < -0.4 is 9.67 Å². The van der Waals surface area contributed by atoms with Gasteiger partial charge >= 0.3 is 0 Å². The van der Waals surface area contributed by atoms with Gasteiger partial charge in [0.15, 0.2) is 0 Å². The van der Waals surface area contributed by atoms with Crippen molar-refractivity contribution >= 4 is 33.4 Å². The van der Waals surface area contributed by atoms with Crippen molar-refractivity contribution < 1.29 is 19.3 Å². The number of hydrogen-bond acceptors (Lipinski definition) is 3. The van der Waals surface area contributed by atoms with Crippen molar-refractivity contribution in [1.82, 2.24) is 9.88 Å². The Balaban J connectivity index is 1.73. The van der Waals surface area contributed by atoms with Gasteiger partial charge in [-0.25, -0.2) is 4.57 Å². The highest BCUT2D eigenvalue weighted by Gasteiger charge is 2.43. The highest BCUT2D eigenvalue weighted by atomic mass is 79.9. The van der Waals surface area contributed by atoms with Crippen LogP contribution in [0.25, 0.3) is 5.76 Å². The minimum atomic E-state index is -0.713. The van der Waals surface area contributed by atoms with Gasteiger partial charge in [0.25, 0.3) is 5.91 Å². The molecule has 0 radical (unpaired) electrons. The van der Waals surface area contributed by atoms with Crippen molar-refractivity contribution in [2.45, 2.75) is 38.8 Å². The zero-order valence-electron chi connectivity index (χ0n) is 18.6. The molecule has 1 amide bonds. The minimum Gasteiger partial charge on any atom is -0.872 e. The fourth-order valence-corrected chi connectivity index (χ4v) is 4.42. The van der Waals surface area contributed by atoms with E-state index in [1.165, 1.54) is 0 Å². The van der Waals surface area contributed by atoms with Gasteiger partial charge in [-0.15, -0.1) is 0 Å². The third-order valence-corrected chi connectivity index (χ3v) is 6.50. The van der Waals surface area contributed by atoms with Crippen LogP contribution in [0.15, 0.2) is 77.3 Å². The van der Waals surface area contributed by atoms with Gasteiger partial charge in [0.05, 0.1) is 12.6 Å². The van der Waals surface area contributed by atoms with E-state index >= 15 is 0 Å². The molecule has 1 aromatic heterocycles. The second-order valence-electron chi connectivity index (χ2n) is 8.50. The molecule has 0 aliphatic carbocycles. The van der Waals surface area contributed by atoms with E-state index in [-0.39, 0.29) is 5.57 Å². The van der Waals surface area contributed by atoms with Crippen LogP contribution in [0.1, 0.15) is 48.9 Å². The predicted molar refractivity (Wildman–Crippen MR) is 127 cm³/mol. The van der Waals surface area contributed by atoms with Gasteiger partial charge in [0.1, 0.15) is 12.4 Å². The summed E-state index contributed by atoms with van der Waals surface area (Å²) in [6.45, 7) is 5.28. The number of halogens is 1. The molecule has 2 aromatic carbocycles.